The molecule has 2 atom stereocenters. The van der Waals surface area contributed by atoms with Gasteiger partial charge in [0.1, 0.15) is 6.04 Å². The summed E-state index contributed by atoms with van der Waals surface area (Å²) in [7, 11) is 0. The molecular weight excluding hydrogens is 358 g/mol. The highest BCUT2D eigenvalue weighted by Gasteiger charge is 2.21. The maximum absolute atomic E-state index is 12.5. The zero-order chi connectivity index (χ0) is 17.2. The molecule has 0 saturated heterocycles. The van der Waals surface area contributed by atoms with Crippen molar-refractivity contribution in [2.24, 2.45) is 0 Å². The molecule has 0 saturated carbocycles. The number of unbranched alkanes of at least 4 members (excludes halogenated alkanes) is 1. The number of halogens is 1. The molecule has 0 aromatic heterocycles. The van der Waals surface area contributed by atoms with E-state index in [0.717, 1.165) is 22.9 Å². The zero-order valence-corrected chi connectivity index (χ0v) is 15.6. The van der Waals surface area contributed by atoms with Crippen LogP contribution in [0.3, 0.4) is 0 Å². The van der Waals surface area contributed by atoms with Crippen LogP contribution in [0.2, 0.25) is 0 Å². The van der Waals surface area contributed by atoms with Gasteiger partial charge in [0.2, 0.25) is 5.91 Å². The summed E-state index contributed by atoms with van der Waals surface area (Å²) < 4.78 is 0.971. The normalized spacial score (nSPS) is 13.0. The lowest BCUT2D eigenvalue weighted by Crippen LogP contribution is -2.50. The molecule has 0 aliphatic rings. The number of nitrogens with one attached hydrogen (secondary N) is 3. The van der Waals surface area contributed by atoms with Gasteiger partial charge in [-0.1, -0.05) is 47.8 Å². The van der Waals surface area contributed by atoms with Crippen molar-refractivity contribution in [2.75, 3.05) is 6.54 Å². The first-order valence-electron chi connectivity index (χ1n) is 8.08. The first-order valence-corrected chi connectivity index (χ1v) is 8.87. The number of rotatable bonds is 8. The molecule has 0 radical (unpaired) electrons. The highest BCUT2D eigenvalue weighted by molar-refractivity contribution is 9.10. The third-order valence-electron chi connectivity index (χ3n) is 3.51. The molecule has 0 fully saturated rings. The summed E-state index contributed by atoms with van der Waals surface area (Å²) >= 11 is 3.43. The SMILES string of the molecule is CCCC[C@@H](NC(=O)NCC)C(=O)N[C@H](C)c1cccc(Br)c1. The summed E-state index contributed by atoms with van der Waals surface area (Å²) in [4.78, 5) is 24.2. The molecule has 23 heavy (non-hydrogen) atoms. The maximum atomic E-state index is 12.5. The molecule has 3 amide bonds. The molecule has 0 unspecified atom stereocenters. The van der Waals surface area contributed by atoms with Crippen molar-refractivity contribution >= 4 is 27.9 Å². The molecule has 0 spiro atoms. The first-order chi connectivity index (χ1) is 11.0. The van der Waals surface area contributed by atoms with Crippen molar-refractivity contribution in [3.63, 3.8) is 0 Å². The fourth-order valence-electron chi connectivity index (χ4n) is 2.22. The minimum Gasteiger partial charge on any atom is -0.348 e. The summed E-state index contributed by atoms with van der Waals surface area (Å²) in [5.74, 6) is -0.155. The number of hydrogen-bond acceptors (Lipinski definition) is 2. The lowest BCUT2D eigenvalue weighted by Gasteiger charge is -2.21. The summed E-state index contributed by atoms with van der Waals surface area (Å²) in [5.41, 5.74) is 1.01. The van der Waals surface area contributed by atoms with E-state index in [2.05, 4.69) is 38.8 Å². The highest BCUT2D eigenvalue weighted by Crippen LogP contribution is 2.18. The Kier molecular flexibility index (Phi) is 8.69. The van der Waals surface area contributed by atoms with Crippen molar-refractivity contribution < 1.29 is 9.59 Å². The van der Waals surface area contributed by atoms with Crippen molar-refractivity contribution in [3.8, 4) is 0 Å². The predicted octanol–water partition coefficient (Wildman–Crippen LogP) is 3.50. The van der Waals surface area contributed by atoms with Crippen molar-refractivity contribution in [2.45, 2.75) is 52.1 Å². The lowest BCUT2D eigenvalue weighted by atomic mass is 10.1. The zero-order valence-electron chi connectivity index (χ0n) is 14.0. The average Bonchev–Trinajstić information content (AvgIpc) is 2.51. The quantitative estimate of drug-likeness (QED) is 0.642. The Morgan fingerprint density at radius 1 is 1.22 bits per heavy atom. The van der Waals surface area contributed by atoms with Gasteiger partial charge < -0.3 is 16.0 Å². The van der Waals surface area contributed by atoms with Gasteiger partial charge in [0.25, 0.3) is 0 Å². The summed E-state index contributed by atoms with van der Waals surface area (Å²) in [6.45, 7) is 6.37. The Bertz CT molecular complexity index is 522. The average molecular weight is 384 g/mol. The van der Waals surface area contributed by atoms with Crippen molar-refractivity contribution in [1.82, 2.24) is 16.0 Å². The van der Waals surface area contributed by atoms with Gasteiger partial charge in [0, 0.05) is 11.0 Å². The number of benzene rings is 1. The number of amides is 3. The van der Waals surface area contributed by atoms with Gasteiger partial charge in [0.15, 0.2) is 0 Å². The second-order valence-corrected chi connectivity index (χ2v) is 6.40. The standard InChI is InChI=1S/C17H26BrN3O2/c1-4-6-10-15(21-17(23)19-5-2)16(22)20-12(3)13-8-7-9-14(18)11-13/h7-9,11-12,15H,4-6,10H2,1-3H3,(H,20,22)(H2,19,21,23)/t12-,15-/m1/s1. The molecule has 128 valence electrons. The third-order valence-corrected chi connectivity index (χ3v) is 4.01. The second-order valence-electron chi connectivity index (χ2n) is 5.48. The Morgan fingerprint density at radius 2 is 1.96 bits per heavy atom. The van der Waals surface area contributed by atoms with E-state index in [-0.39, 0.29) is 18.0 Å². The van der Waals surface area contributed by atoms with E-state index < -0.39 is 6.04 Å². The third kappa shape index (κ3) is 7.03. The van der Waals surface area contributed by atoms with Gasteiger partial charge >= 0.3 is 6.03 Å². The van der Waals surface area contributed by atoms with Crippen LogP contribution >= 0.6 is 15.9 Å². The van der Waals surface area contributed by atoms with E-state index in [0.29, 0.717) is 13.0 Å². The molecule has 0 aliphatic heterocycles. The Morgan fingerprint density at radius 3 is 2.57 bits per heavy atom. The number of carbonyl (C=O) groups excluding carboxylic acids is 2. The minimum absolute atomic E-state index is 0.125. The smallest absolute Gasteiger partial charge is 0.315 e. The summed E-state index contributed by atoms with van der Waals surface area (Å²) in [6.07, 6.45) is 2.49. The predicted molar refractivity (Wildman–Crippen MR) is 96.2 cm³/mol. The number of hydrogen-bond donors (Lipinski definition) is 3. The van der Waals surface area contributed by atoms with Gasteiger partial charge in [-0.15, -0.1) is 0 Å². The molecule has 0 aliphatic carbocycles. The van der Waals surface area contributed by atoms with Crippen LogP contribution in [0.1, 0.15) is 51.6 Å². The van der Waals surface area contributed by atoms with E-state index in [4.69, 9.17) is 0 Å². The first kappa shape index (κ1) is 19.5. The van der Waals surface area contributed by atoms with Gasteiger partial charge in [-0.3, -0.25) is 4.79 Å². The Labute approximate surface area is 146 Å². The monoisotopic (exact) mass is 383 g/mol. The molecule has 5 nitrogen and oxygen atoms in total. The fourth-order valence-corrected chi connectivity index (χ4v) is 2.64. The molecule has 0 bridgehead atoms. The highest BCUT2D eigenvalue weighted by atomic mass is 79.9. The molecule has 3 N–H and O–H groups in total. The lowest BCUT2D eigenvalue weighted by molar-refractivity contribution is -0.123. The maximum Gasteiger partial charge on any atom is 0.315 e. The van der Waals surface area contributed by atoms with E-state index in [1.165, 1.54) is 0 Å². The van der Waals surface area contributed by atoms with E-state index in [1.807, 2.05) is 38.1 Å². The largest absolute Gasteiger partial charge is 0.348 e. The fraction of sp³-hybridized carbons (Fsp3) is 0.529. The van der Waals surface area contributed by atoms with Crippen LogP contribution < -0.4 is 16.0 Å². The second kappa shape index (κ2) is 10.3. The van der Waals surface area contributed by atoms with Crippen molar-refractivity contribution in [3.05, 3.63) is 34.3 Å². The van der Waals surface area contributed by atoms with Crippen LogP contribution in [-0.4, -0.2) is 24.5 Å². The van der Waals surface area contributed by atoms with Gasteiger partial charge in [-0.2, -0.15) is 0 Å². The molecule has 1 aromatic carbocycles. The molecule has 1 rings (SSSR count). The summed E-state index contributed by atoms with van der Waals surface area (Å²) in [6, 6.07) is 6.87. The van der Waals surface area contributed by atoms with Gasteiger partial charge in [-0.25, -0.2) is 4.79 Å². The molecule has 6 heteroatoms. The Balaban J connectivity index is 2.69. The van der Waals surface area contributed by atoms with E-state index in [9.17, 15) is 9.59 Å². The van der Waals surface area contributed by atoms with Gasteiger partial charge in [0.05, 0.1) is 6.04 Å². The molecule has 1 aromatic rings. The van der Waals surface area contributed by atoms with Crippen LogP contribution in [0, 0.1) is 0 Å². The van der Waals surface area contributed by atoms with Crippen LogP contribution in [-0.2, 0) is 4.79 Å². The van der Waals surface area contributed by atoms with Gasteiger partial charge in [-0.05, 0) is 38.0 Å². The number of urea groups is 1. The van der Waals surface area contributed by atoms with Crippen molar-refractivity contribution in [1.29, 1.82) is 0 Å². The topological polar surface area (TPSA) is 70.2 Å². The number of carbonyl (C=O) groups is 2. The minimum atomic E-state index is -0.517. The van der Waals surface area contributed by atoms with E-state index >= 15 is 0 Å². The van der Waals surface area contributed by atoms with Crippen LogP contribution in [0.4, 0.5) is 4.79 Å². The Hall–Kier alpha value is -1.56. The molecular formula is C17H26BrN3O2. The molecule has 0 heterocycles. The van der Waals surface area contributed by atoms with Crippen LogP contribution in [0.25, 0.3) is 0 Å². The summed E-state index contributed by atoms with van der Waals surface area (Å²) in [5, 5.41) is 8.39. The van der Waals surface area contributed by atoms with Crippen LogP contribution in [0.5, 0.6) is 0 Å². The van der Waals surface area contributed by atoms with E-state index in [1.54, 1.807) is 0 Å². The van der Waals surface area contributed by atoms with Crippen LogP contribution in [0.15, 0.2) is 28.7 Å².